The molecule has 0 fully saturated rings. The fourth-order valence-corrected chi connectivity index (χ4v) is 1.64. The molecule has 1 N–H and O–H groups in total. The van der Waals surface area contributed by atoms with Crippen LogP contribution in [0.15, 0.2) is 18.2 Å². The molecule has 0 aliphatic carbocycles. The van der Waals surface area contributed by atoms with E-state index >= 15 is 0 Å². The Kier molecular flexibility index (Phi) is 4.87. The van der Waals surface area contributed by atoms with Crippen molar-refractivity contribution in [2.45, 2.75) is 32.9 Å². The summed E-state index contributed by atoms with van der Waals surface area (Å²) in [6, 6.07) is 7.08. The van der Waals surface area contributed by atoms with E-state index in [4.69, 9.17) is 5.26 Å². The lowest BCUT2D eigenvalue weighted by Gasteiger charge is -2.23. The fraction of sp³-hybridized carbons (Fsp3) is 0.429. The summed E-state index contributed by atoms with van der Waals surface area (Å²) in [6.45, 7) is 3.96. The Morgan fingerprint density at radius 3 is 2.78 bits per heavy atom. The third-order valence-electron chi connectivity index (χ3n) is 3.04. The molecular formula is C14H18N2O2. The highest BCUT2D eigenvalue weighted by molar-refractivity contribution is 5.94. The van der Waals surface area contributed by atoms with Crippen LogP contribution in [0.5, 0.6) is 5.75 Å². The van der Waals surface area contributed by atoms with Gasteiger partial charge in [-0.1, -0.05) is 0 Å². The minimum absolute atomic E-state index is 0.0241. The lowest BCUT2D eigenvalue weighted by atomic mass is 10.1. The summed E-state index contributed by atoms with van der Waals surface area (Å²) < 4.78 is 0. The molecule has 0 aromatic heterocycles. The smallest absolute Gasteiger partial charge is 0.159 e. The van der Waals surface area contributed by atoms with Gasteiger partial charge in [0.2, 0.25) is 0 Å². The fourth-order valence-electron chi connectivity index (χ4n) is 1.64. The standard InChI is InChI=1S/C14H18N2O2/c1-10(6-7-15)16(3)9-13-8-12(11(2)17)4-5-14(13)18/h4-5,8,10,18H,6,9H2,1-3H3. The van der Waals surface area contributed by atoms with Crippen LogP contribution < -0.4 is 0 Å². The number of benzene rings is 1. The summed E-state index contributed by atoms with van der Waals surface area (Å²) in [5, 5.41) is 18.4. The molecule has 96 valence electrons. The maximum atomic E-state index is 11.3. The molecule has 1 rings (SSSR count). The van der Waals surface area contributed by atoms with E-state index in [1.165, 1.54) is 13.0 Å². The number of hydrogen-bond acceptors (Lipinski definition) is 4. The number of carbonyl (C=O) groups is 1. The summed E-state index contributed by atoms with van der Waals surface area (Å²) in [5.74, 6) is 0.153. The van der Waals surface area contributed by atoms with Crippen LogP contribution in [-0.2, 0) is 6.54 Å². The molecular weight excluding hydrogens is 228 g/mol. The summed E-state index contributed by atoms with van der Waals surface area (Å²) in [5.41, 5.74) is 1.29. The third-order valence-corrected chi connectivity index (χ3v) is 3.04. The maximum Gasteiger partial charge on any atom is 0.159 e. The molecule has 0 radical (unpaired) electrons. The highest BCUT2D eigenvalue weighted by atomic mass is 16.3. The van der Waals surface area contributed by atoms with Crippen LogP contribution in [0.4, 0.5) is 0 Å². The van der Waals surface area contributed by atoms with Crippen LogP contribution in [-0.4, -0.2) is 28.9 Å². The van der Waals surface area contributed by atoms with Gasteiger partial charge < -0.3 is 5.11 Å². The first-order valence-electron chi connectivity index (χ1n) is 5.85. The Morgan fingerprint density at radius 2 is 2.22 bits per heavy atom. The normalized spacial score (nSPS) is 12.2. The molecule has 0 saturated heterocycles. The van der Waals surface area contributed by atoms with E-state index < -0.39 is 0 Å². The molecule has 4 nitrogen and oxygen atoms in total. The second-order valence-electron chi connectivity index (χ2n) is 4.53. The van der Waals surface area contributed by atoms with Crippen molar-refractivity contribution in [1.82, 2.24) is 4.90 Å². The van der Waals surface area contributed by atoms with E-state index in [0.717, 1.165) is 0 Å². The van der Waals surface area contributed by atoms with Crippen molar-refractivity contribution in [2.24, 2.45) is 0 Å². The van der Waals surface area contributed by atoms with Crippen molar-refractivity contribution in [3.8, 4) is 11.8 Å². The average molecular weight is 246 g/mol. The average Bonchev–Trinajstić information content (AvgIpc) is 2.31. The highest BCUT2D eigenvalue weighted by Crippen LogP contribution is 2.21. The van der Waals surface area contributed by atoms with Gasteiger partial charge in [-0.25, -0.2) is 0 Å². The quantitative estimate of drug-likeness (QED) is 0.810. The highest BCUT2D eigenvalue weighted by Gasteiger charge is 2.12. The zero-order valence-electron chi connectivity index (χ0n) is 11.0. The lowest BCUT2D eigenvalue weighted by Crippen LogP contribution is -2.28. The molecule has 0 aliphatic rings. The number of aromatic hydroxyl groups is 1. The number of nitrogens with zero attached hydrogens (tertiary/aromatic N) is 2. The molecule has 0 saturated carbocycles. The van der Waals surface area contributed by atoms with Gasteiger partial charge in [-0.05, 0) is 39.1 Å². The van der Waals surface area contributed by atoms with Gasteiger partial charge in [0.15, 0.2) is 5.78 Å². The number of rotatable bonds is 5. The SMILES string of the molecule is CC(=O)c1ccc(O)c(CN(C)C(C)CC#N)c1. The first-order valence-corrected chi connectivity index (χ1v) is 5.85. The van der Waals surface area contributed by atoms with Crippen LogP contribution in [0.3, 0.4) is 0 Å². The molecule has 0 aliphatic heterocycles. The second-order valence-corrected chi connectivity index (χ2v) is 4.53. The van der Waals surface area contributed by atoms with Crippen molar-refractivity contribution in [3.63, 3.8) is 0 Å². The van der Waals surface area contributed by atoms with E-state index in [2.05, 4.69) is 6.07 Å². The van der Waals surface area contributed by atoms with Crippen LogP contribution in [0, 0.1) is 11.3 Å². The largest absolute Gasteiger partial charge is 0.508 e. The van der Waals surface area contributed by atoms with E-state index in [-0.39, 0.29) is 17.6 Å². The van der Waals surface area contributed by atoms with Gasteiger partial charge >= 0.3 is 0 Å². The number of phenols is 1. The second kappa shape index (κ2) is 6.18. The zero-order chi connectivity index (χ0) is 13.7. The summed E-state index contributed by atoms with van der Waals surface area (Å²) in [6.07, 6.45) is 0.434. The molecule has 1 aromatic carbocycles. The predicted molar refractivity (Wildman–Crippen MR) is 69.3 cm³/mol. The number of hydrogen-bond donors (Lipinski definition) is 1. The van der Waals surface area contributed by atoms with Gasteiger partial charge in [0.05, 0.1) is 12.5 Å². The van der Waals surface area contributed by atoms with Gasteiger partial charge in [0, 0.05) is 23.7 Å². The molecule has 0 heterocycles. The van der Waals surface area contributed by atoms with Gasteiger partial charge in [-0.3, -0.25) is 9.69 Å². The van der Waals surface area contributed by atoms with Crippen molar-refractivity contribution in [1.29, 1.82) is 5.26 Å². The van der Waals surface area contributed by atoms with E-state index in [9.17, 15) is 9.90 Å². The summed E-state index contributed by atoms with van der Waals surface area (Å²) >= 11 is 0. The molecule has 18 heavy (non-hydrogen) atoms. The number of ketones is 1. The monoisotopic (exact) mass is 246 g/mol. The van der Waals surface area contributed by atoms with Crippen LogP contribution in [0.2, 0.25) is 0 Å². The van der Waals surface area contributed by atoms with Gasteiger partial charge in [-0.15, -0.1) is 0 Å². The molecule has 1 atom stereocenters. The van der Waals surface area contributed by atoms with Crippen LogP contribution >= 0.6 is 0 Å². The van der Waals surface area contributed by atoms with Crippen molar-refractivity contribution < 1.29 is 9.90 Å². The van der Waals surface area contributed by atoms with Gasteiger partial charge in [0.25, 0.3) is 0 Å². The Morgan fingerprint density at radius 1 is 1.56 bits per heavy atom. The van der Waals surface area contributed by atoms with E-state index in [0.29, 0.717) is 24.1 Å². The van der Waals surface area contributed by atoms with Crippen molar-refractivity contribution in [3.05, 3.63) is 29.3 Å². The zero-order valence-corrected chi connectivity index (χ0v) is 11.0. The molecule has 0 spiro atoms. The molecule has 4 heteroatoms. The third kappa shape index (κ3) is 3.57. The first-order chi connectivity index (χ1) is 8.45. The van der Waals surface area contributed by atoms with E-state index in [1.807, 2.05) is 18.9 Å². The van der Waals surface area contributed by atoms with E-state index in [1.54, 1.807) is 12.1 Å². The predicted octanol–water partition coefficient (Wildman–Crippen LogP) is 2.33. The Labute approximate surface area is 107 Å². The molecule has 0 bridgehead atoms. The Balaban J connectivity index is 2.87. The molecule has 1 aromatic rings. The van der Waals surface area contributed by atoms with Crippen LogP contribution in [0.1, 0.15) is 36.2 Å². The van der Waals surface area contributed by atoms with Crippen molar-refractivity contribution in [2.75, 3.05) is 7.05 Å². The van der Waals surface area contributed by atoms with Gasteiger partial charge in [0.1, 0.15) is 5.75 Å². The number of Topliss-reactive ketones (excluding diaryl/α,β-unsaturated/α-hetero) is 1. The van der Waals surface area contributed by atoms with Crippen LogP contribution in [0.25, 0.3) is 0 Å². The van der Waals surface area contributed by atoms with Gasteiger partial charge in [-0.2, -0.15) is 5.26 Å². The number of phenolic OH excluding ortho intramolecular Hbond substituents is 1. The molecule has 1 unspecified atom stereocenters. The maximum absolute atomic E-state index is 11.3. The Hall–Kier alpha value is -1.86. The van der Waals surface area contributed by atoms with Crippen molar-refractivity contribution >= 4 is 5.78 Å². The first kappa shape index (κ1) is 14.2. The summed E-state index contributed by atoms with van der Waals surface area (Å²) in [4.78, 5) is 13.3. The molecule has 0 amide bonds. The number of nitriles is 1. The topological polar surface area (TPSA) is 64.3 Å². The summed E-state index contributed by atoms with van der Waals surface area (Å²) in [7, 11) is 1.89. The Bertz CT molecular complexity index is 477. The lowest BCUT2D eigenvalue weighted by molar-refractivity contribution is 0.101. The minimum Gasteiger partial charge on any atom is -0.508 e. The minimum atomic E-state index is -0.0241. The number of carbonyl (C=O) groups excluding carboxylic acids is 1.